The fraction of sp³-hybridized carbons (Fsp3) is 0.562. The highest BCUT2D eigenvalue weighted by molar-refractivity contribution is 5.66. The van der Waals surface area contributed by atoms with E-state index in [4.69, 9.17) is 4.74 Å². The van der Waals surface area contributed by atoms with Crippen molar-refractivity contribution in [3.63, 3.8) is 0 Å². The lowest BCUT2D eigenvalue weighted by Crippen LogP contribution is -2.51. The first kappa shape index (κ1) is 12.7. The number of hydrogen-bond acceptors (Lipinski definition) is 3. The molecule has 0 saturated carbocycles. The fourth-order valence-electron chi connectivity index (χ4n) is 3.52. The highest BCUT2D eigenvalue weighted by Crippen LogP contribution is 2.39. The van der Waals surface area contributed by atoms with Gasteiger partial charge in [-0.25, -0.2) is 0 Å². The molecule has 3 aliphatic heterocycles. The Balaban J connectivity index is 1.85. The Labute approximate surface area is 114 Å². The second-order valence-electron chi connectivity index (χ2n) is 5.72. The quantitative estimate of drug-likeness (QED) is 0.782. The molecule has 0 aromatic heterocycles. The van der Waals surface area contributed by atoms with E-state index in [9.17, 15) is 4.79 Å². The maximum absolute atomic E-state index is 11.4. The van der Waals surface area contributed by atoms with Crippen LogP contribution in [0.15, 0.2) is 30.3 Å². The van der Waals surface area contributed by atoms with Gasteiger partial charge in [0.15, 0.2) is 0 Å². The van der Waals surface area contributed by atoms with E-state index < -0.39 is 0 Å². The van der Waals surface area contributed by atoms with Gasteiger partial charge in [-0.15, -0.1) is 0 Å². The highest BCUT2D eigenvalue weighted by Gasteiger charge is 2.39. The molecule has 0 radical (unpaired) electrons. The molecule has 0 amide bonds. The number of piperidine rings is 3. The summed E-state index contributed by atoms with van der Waals surface area (Å²) >= 11 is 0. The molecule has 3 heterocycles. The molecule has 1 aromatic rings. The predicted octanol–water partition coefficient (Wildman–Crippen LogP) is 2.78. The van der Waals surface area contributed by atoms with Crippen LogP contribution in [-0.2, 0) is 9.53 Å². The number of hydrogen-bond donors (Lipinski definition) is 0. The molecule has 3 aliphatic rings. The SMILES string of the molecule is CC(=O)O[C@H](c1ccccc1)[C@@H]1CC2CCN1CC2. The zero-order valence-electron chi connectivity index (χ0n) is 11.4. The van der Waals surface area contributed by atoms with E-state index >= 15 is 0 Å². The van der Waals surface area contributed by atoms with Crippen LogP contribution in [0.3, 0.4) is 0 Å². The molecule has 4 rings (SSSR count). The van der Waals surface area contributed by atoms with Crippen molar-refractivity contribution in [1.29, 1.82) is 0 Å². The zero-order chi connectivity index (χ0) is 13.2. The van der Waals surface area contributed by atoms with Gasteiger partial charge in [-0.2, -0.15) is 0 Å². The van der Waals surface area contributed by atoms with E-state index in [1.807, 2.05) is 18.2 Å². The number of ether oxygens (including phenoxy) is 1. The molecule has 0 N–H and O–H groups in total. The molecule has 3 fully saturated rings. The number of benzene rings is 1. The molecule has 0 spiro atoms. The van der Waals surface area contributed by atoms with Gasteiger partial charge < -0.3 is 4.74 Å². The third-order valence-corrected chi connectivity index (χ3v) is 4.46. The van der Waals surface area contributed by atoms with Gasteiger partial charge in [0, 0.05) is 6.92 Å². The van der Waals surface area contributed by atoms with Crippen molar-refractivity contribution < 1.29 is 9.53 Å². The minimum atomic E-state index is -0.184. The largest absolute Gasteiger partial charge is 0.456 e. The van der Waals surface area contributed by atoms with Crippen molar-refractivity contribution >= 4 is 5.97 Å². The summed E-state index contributed by atoms with van der Waals surface area (Å²) < 4.78 is 5.65. The normalized spacial score (nSPS) is 30.9. The van der Waals surface area contributed by atoms with Gasteiger partial charge in [0.2, 0.25) is 0 Å². The number of rotatable bonds is 3. The molecular weight excluding hydrogens is 238 g/mol. The van der Waals surface area contributed by atoms with Crippen molar-refractivity contribution in [1.82, 2.24) is 4.90 Å². The van der Waals surface area contributed by atoms with Crippen LogP contribution in [0.2, 0.25) is 0 Å². The van der Waals surface area contributed by atoms with Crippen molar-refractivity contribution in [3.05, 3.63) is 35.9 Å². The summed E-state index contributed by atoms with van der Waals surface area (Å²) in [6, 6.07) is 10.5. The molecule has 3 heteroatoms. The molecule has 0 aliphatic carbocycles. The molecule has 1 aromatic carbocycles. The first-order valence-electron chi connectivity index (χ1n) is 7.20. The Bertz CT molecular complexity index is 437. The third-order valence-electron chi connectivity index (χ3n) is 4.46. The van der Waals surface area contributed by atoms with Gasteiger partial charge in [0.1, 0.15) is 6.10 Å². The van der Waals surface area contributed by atoms with Crippen LogP contribution in [0.1, 0.15) is 37.9 Å². The molecule has 19 heavy (non-hydrogen) atoms. The van der Waals surface area contributed by atoms with E-state index in [2.05, 4.69) is 17.0 Å². The maximum Gasteiger partial charge on any atom is 0.303 e. The molecular formula is C16H21NO2. The summed E-state index contributed by atoms with van der Waals surface area (Å²) in [4.78, 5) is 13.9. The summed E-state index contributed by atoms with van der Waals surface area (Å²) in [5.41, 5.74) is 1.12. The van der Waals surface area contributed by atoms with E-state index in [1.54, 1.807) is 0 Å². The maximum atomic E-state index is 11.4. The van der Waals surface area contributed by atoms with Crippen LogP contribution in [0.5, 0.6) is 0 Å². The van der Waals surface area contributed by atoms with Gasteiger partial charge in [-0.3, -0.25) is 9.69 Å². The van der Waals surface area contributed by atoms with Gasteiger partial charge in [-0.05, 0) is 43.8 Å². The monoisotopic (exact) mass is 259 g/mol. The standard InChI is InChI=1S/C16H21NO2/c1-12(18)19-16(14-5-3-2-4-6-14)15-11-13-7-9-17(15)10-8-13/h2-6,13,15-16H,7-11H2,1H3/t15-,16+/m0/s1. The van der Waals surface area contributed by atoms with Crippen molar-refractivity contribution in [3.8, 4) is 0 Å². The number of carbonyl (C=O) groups is 1. The minimum Gasteiger partial charge on any atom is -0.456 e. The minimum absolute atomic E-state index is 0.109. The average molecular weight is 259 g/mol. The van der Waals surface area contributed by atoms with Crippen LogP contribution in [-0.4, -0.2) is 30.0 Å². The lowest BCUT2D eigenvalue weighted by Gasteiger charge is -2.47. The lowest BCUT2D eigenvalue weighted by atomic mass is 9.80. The van der Waals surface area contributed by atoms with E-state index in [0.717, 1.165) is 31.0 Å². The average Bonchev–Trinajstić information content (AvgIpc) is 2.47. The molecule has 102 valence electrons. The van der Waals surface area contributed by atoms with Crippen LogP contribution < -0.4 is 0 Å². The van der Waals surface area contributed by atoms with E-state index in [1.165, 1.54) is 19.8 Å². The molecule has 0 unspecified atom stereocenters. The summed E-state index contributed by atoms with van der Waals surface area (Å²) in [5.74, 6) is 0.633. The summed E-state index contributed by atoms with van der Waals surface area (Å²) in [6.45, 7) is 3.81. The Morgan fingerprint density at radius 1 is 1.26 bits per heavy atom. The molecule has 2 atom stereocenters. The first-order chi connectivity index (χ1) is 9.24. The summed E-state index contributed by atoms with van der Waals surface area (Å²) in [6.07, 6.45) is 3.66. The Kier molecular flexibility index (Phi) is 3.56. The van der Waals surface area contributed by atoms with Crippen molar-refractivity contribution in [2.75, 3.05) is 13.1 Å². The summed E-state index contributed by atoms with van der Waals surface area (Å²) in [5, 5.41) is 0. The Morgan fingerprint density at radius 2 is 1.95 bits per heavy atom. The number of esters is 1. The van der Waals surface area contributed by atoms with E-state index in [-0.39, 0.29) is 12.1 Å². The Morgan fingerprint density at radius 3 is 2.47 bits per heavy atom. The number of carbonyl (C=O) groups excluding carboxylic acids is 1. The van der Waals surface area contributed by atoms with Gasteiger partial charge in [0.05, 0.1) is 6.04 Å². The smallest absolute Gasteiger partial charge is 0.303 e. The number of nitrogens with zero attached hydrogens (tertiary/aromatic N) is 1. The zero-order valence-corrected chi connectivity index (χ0v) is 11.4. The molecule has 3 saturated heterocycles. The molecule has 3 nitrogen and oxygen atoms in total. The van der Waals surface area contributed by atoms with Crippen molar-refractivity contribution in [2.45, 2.75) is 38.3 Å². The Hall–Kier alpha value is -1.35. The van der Waals surface area contributed by atoms with Crippen LogP contribution in [0, 0.1) is 5.92 Å². The topological polar surface area (TPSA) is 29.5 Å². The second-order valence-corrected chi connectivity index (χ2v) is 5.72. The van der Waals surface area contributed by atoms with Crippen LogP contribution in [0.4, 0.5) is 0 Å². The number of fused-ring (bicyclic) bond motifs is 3. The van der Waals surface area contributed by atoms with Gasteiger partial charge in [-0.1, -0.05) is 30.3 Å². The van der Waals surface area contributed by atoms with Crippen LogP contribution >= 0.6 is 0 Å². The highest BCUT2D eigenvalue weighted by atomic mass is 16.5. The fourth-order valence-corrected chi connectivity index (χ4v) is 3.52. The molecule has 2 bridgehead atoms. The van der Waals surface area contributed by atoms with E-state index in [0.29, 0.717) is 6.04 Å². The van der Waals surface area contributed by atoms with Gasteiger partial charge in [0.25, 0.3) is 0 Å². The predicted molar refractivity (Wildman–Crippen MR) is 73.7 cm³/mol. The third kappa shape index (κ3) is 2.66. The van der Waals surface area contributed by atoms with Crippen LogP contribution in [0.25, 0.3) is 0 Å². The van der Waals surface area contributed by atoms with Gasteiger partial charge >= 0.3 is 5.97 Å². The van der Waals surface area contributed by atoms with Crippen molar-refractivity contribution in [2.24, 2.45) is 5.92 Å². The lowest BCUT2D eigenvalue weighted by molar-refractivity contribution is -0.153. The first-order valence-corrected chi connectivity index (χ1v) is 7.20. The summed E-state index contributed by atoms with van der Waals surface area (Å²) in [7, 11) is 0. The second kappa shape index (κ2) is 5.33.